The minimum atomic E-state index is -0.00454. The van der Waals surface area contributed by atoms with E-state index in [1.54, 1.807) is 0 Å². The smallest absolute Gasteiger partial charge is 0.161 e. The summed E-state index contributed by atoms with van der Waals surface area (Å²) in [6.45, 7) is 4.46. The lowest BCUT2D eigenvalue weighted by Crippen LogP contribution is -2.48. The minimum absolute atomic E-state index is 0.00454. The molecule has 2 unspecified atom stereocenters. The molecule has 2 aromatic carbocycles. The van der Waals surface area contributed by atoms with Gasteiger partial charge in [0.05, 0.1) is 5.36 Å². The normalized spacial score (nSPS) is 18.4. The highest BCUT2D eigenvalue weighted by Gasteiger charge is 2.24. The van der Waals surface area contributed by atoms with Crippen LogP contribution in [0.1, 0.15) is 32.0 Å². The predicted molar refractivity (Wildman–Crippen MR) is 90.2 cm³/mol. The number of hydrogen-bond donors (Lipinski definition) is 0. The molecule has 0 radical (unpaired) electrons. The van der Waals surface area contributed by atoms with Crippen LogP contribution in [0.3, 0.4) is 0 Å². The van der Waals surface area contributed by atoms with Crippen LogP contribution in [-0.2, 0) is 0 Å². The molecule has 0 spiro atoms. The van der Waals surface area contributed by atoms with E-state index in [-0.39, 0.29) is 6.17 Å². The highest BCUT2D eigenvalue weighted by Crippen LogP contribution is 2.25. The van der Waals surface area contributed by atoms with Crippen LogP contribution in [0.25, 0.3) is 6.20 Å². The molecule has 114 valence electrons. The zero-order valence-electron chi connectivity index (χ0n) is 13.5. The van der Waals surface area contributed by atoms with Crippen molar-refractivity contribution in [3.8, 4) is 0 Å². The second-order valence-electron chi connectivity index (χ2n) is 5.81. The van der Waals surface area contributed by atoms with Gasteiger partial charge in [0.2, 0.25) is 0 Å². The van der Waals surface area contributed by atoms with E-state index in [9.17, 15) is 0 Å². The molecule has 2 atom stereocenters. The Labute approximate surface area is 132 Å². The molecule has 0 aliphatic carbocycles. The lowest BCUT2D eigenvalue weighted by atomic mass is 10.1. The minimum Gasteiger partial charge on any atom is -0.284 e. The van der Waals surface area contributed by atoms with Gasteiger partial charge in [-0.3, -0.25) is 10.0 Å². The quantitative estimate of drug-likeness (QED) is 0.863. The molecule has 1 aliphatic heterocycles. The molecular formula is C19H23N3. The second-order valence-corrected chi connectivity index (χ2v) is 5.81. The van der Waals surface area contributed by atoms with Gasteiger partial charge in [0.25, 0.3) is 0 Å². The molecule has 1 heterocycles. The number of para-hydroxylation sites is 1. The van der Waals surface area contributed by atoms with Crippen molar-refractivity contribution in [1.29, 1.82) is 0 Å². The Balaban J connectivity index is 2.10. The summed E-state index contributed by atoms with van der Waals surface area (Å²) in [5, 5.41) is 6.78. The van der Waals surface area contributed by atoms with Gasteiger partial charge in [-0.05, 0) is 25.0 Å². The first-order valence-electron chi connectivity index (χ1n) is 7.91. The number of nitrogens with zero attached hydrogens (tertiary/aromatic N) is 3. The van der Waals surface area contributed by atoms with E-state index in [4.69, 9.17) is 4.99 Å². The summed E-state index contributed by atoms with van der Waals surface area (Å²) in [4.78, 5) is 4.99. The standard InChI is InChI=1S/C19H23N3/c1-4-15(2)21(3)22-14-17-12-8-9-13-18(17)20-19(22)16-10-6-5-7-11-16/h5-15,19H,4H2,1-3H3. The SMILES string of the molecule is CCC(C)N(C)N1C=c2ccccc2=NC1c1ccccc1. The first-order valence-corrected chi connectivity index (χ1v) is 7.91. The van der Waals surface area contributed by atoms with Crippen LogP contribution in [-0.4, -0.2) is 23.1 Å². The molecule has 3 rings (SSSR count). The molecular weight excluding hydrogens is 270 g/mol. The maximum absolute atomic E-state index is 4.99. The maximum atomic E-state index is 4.99. The summed E-state index contributed by atoms with van der Waals surface area (Å²) in [5.41, 5.74) is 1.21. The highest BCUT2D eigenvalue weighted by molar-refractivity contribution is 5.29. The number of rotatable bonds is 4. The van der Waals surface area contributed by atoms with Crippen LogP contribution in [0.5, 0.6) is 0 Å². The van der Waals surface area contributed by atoms with E-state index in [1.807, 2.05) is 12.1 Å². The van der Waals surface area contributed by atoms with Gasteiger partial charge in [0, 0.05) is 24.5 Å². The molecule has 0 amide bonds. The fourth-order valence-corrected chi connectivity index (χ4v) is 2.73. The Bertz CT molecular complexity index is 739. The van der Waals surface area contributed by atoms with Gasteiger partial charge < -0.3 is 0 Å². The average Bonchev–Trinajstić information content (AvgIpc) is 2.60. The fourth-order valence-electron chi connectivity index (χ4n) is 2.73. The van der Waals surface area contributed by atoms with Crippen LogP contribution < -0.4 is 10.6 Å². The monoisotopic (exact) mass is 293 g/mol. The predicted octanol–water partition coefficient (Wildman–Crippen LogP) is 2.70. The Morgan fingerprint density at radius 3 is 2.50 bits per heavy atom. The first-order chi connectivity index (χ1) is 10.7. The van der Waals surface area contributed by atoms with E-state index in [0.29, 0.717) is 6.04 Å². The van der Waals surface area contributed by atoms with Gasteiger partial charge in [-0.25, -0.2) is 5.01 Å². The van der Waals surface area contributed by atoms with Gasteiger partial charge in [-0.1, -0.05) is 55.5 Å². The number of hydrazine groups is 1. The zero-order valence-corrected chi connectivity index (χ0v) is 13.5. The zero-order chi connectivity index (χ0) is 15.5. The molecule has 0 saturated carbocycles. The van der Waals surface area contributed by atoms with E-state index < -0.39 is 0 Å². The van der Waals surface area contributed by atoms with Crippen LogP contribution >= 0.6 is 0 Å². The van der Waals surface area contributed by atoms with E-state index in [2.05, 4.69) is 79.6 Å². The molecule has 0 bridgehead atoms. The van der Waals surface area contributed by atoms with Gasteiger partial charge in [-0.15, -0.1) is 0 Å². The topological polar surface area (TPSA) is 18.8 Å². The molecule has 1 aliphatic rings. The Hall–Kier alpha value is -2.13. The van der Waals surface area contributed by atoms with Crippen LogP contribution in [0, 0.1) is 0 Å². The molecule has 22 heavy (non-hydrogen) atoms. The summed E-state index contributed by atoms with van der Waals surface area (Å²) in [6, 6.07) is 19.3. The number of fused-ring (bicyclic) bond motifs is 1. The van der Waals surface area contributed by atoms with Crippen LogP contribution in [0.15, 0.2) is 59.6 Å². The third-order valence-electron chi connectivity index (χ3n) is 4.41. The van der Waals surface area contributed by atoms with Gasteiger partial charge in [-0.2, -0.15) is 0 Å². The van der Waals surface area contributed by atoms with Crippen molar-refractivity contribution < 1.29 is 0 Å². The molecule has 0 saturated heterocycles. The molecule has 3 nitrogen and oxygen atoms in total. The van der Waals surface area contributed by atoms with Crippen molar-refractivity contribution in [2.24, 2.45) is 4.99 Å². The van der Waals surface area contributed by atoms with E-state index in [1.165, 1.54) is 10.8 Å². The van der Waals surface area contributed by atoms with Gasteiger partial charge >= 0.3 is 0 Å². The summed E-state index contributed by atoms with van der Waals surface area (Å²) in [7, 11) is 2.14. The summed E-state index contributed by atoms with van der Waals surface area (Å²) >= 11 is 0. The Kier molecular flexibility index (Phi) is 4.25. The summed E-state index contributed by atoms with van der Waals surface area (Å²) in [5.74, 6) is 0. The van der Waals surface area contributed by atoms with Crippen LogP contribution in [0.4, 0.5) is 0 Å². The van der Waals surface area contributed by atoms with Crippen molar-refractivity contribution in [3.63, 3.8) is 0 Å². The fraction of sp³-hybridized carbons (Fsp3) is 0.316. The molecule has 3 heteroatoms. The van der Waals surface area contributed by atoms with Crippen molar-refractivity contribution in [2.45, 2.75) is 32.5 Å². The van der Waals surface area contributed by atoms with Crippen molar-refractivity contribution >= 4 is 6.20 Å². The van der Waals surface area contributed by atoms with E-state index >= 15 is 0 Å². The summed E-state index contributed by atoms with van der Waals surface area (Å²) in [6.07, 6.45) is 3.31. The molecule has 0 aromatic heterocycles. The largest absolute Gasteiger partial charge is 0.284 e. The van der Waals surface area contributed by atoms with Crippen LogP contribution in [0.2, 0.25) is 0 Å². The lowest BCUT2D eigenvalue weighted by Gasteiger charge is -2.40. The third kappa shape index (κ3) is 2.77. The first kappa shape index (κ1) is 14.8. The van der Waals surface area contributed by atoms with Crippen molar-refractivity contribution in [1.82, 2.24) is 10.0 Å². The molecule has 2 aromatic rings. The molecule has 0 fully saturated rings. The Morgan fingerprint density at radius 1 is 1.09 bits per heavy atom. The van der Waals surface area contributed by atoms with Crippen molar-refractivity contribution in [3.05, 3.63) is 70.7 Å². The third-order valence-corrected chi connectivity index (χ3v) is 4.41. The van der Waals surface area contributed by atoms with Gasteiger partial charge in [0.15, 0.2) is 6.17 Å². The Morgan fingerprint density at radius 2 is 1.77 bits per heavy atom. The molecule has 0 N–H and O–H groups in total. The number of hydrogen-bond acceptors (Lipinski definition) is 3. The summed E-state index contributed by atoms with van der Waals surface area (Å²) < 4.78 is 0. The lowest BCUT2D eigenvalue weighted by molar-refractivity contribution is -0.00797. The number of benzene rings is 2. The second kappa shape index (κ2) is 6.32. The van der Waals surface area contributed by atoms with Crippen molar-refractivity contribution in [2.75, 3.05) is 7.05 Å². The van der Waals surface area contributed by atoms with Gasteiger partial charge in [0.1, 0.15) is 0 Å². The average molecular weight is 293 g/mol. The maximum Gasteiger partial charge on any atom is 0.161 e. The van der Waals surface area contributed by atoms with E-state index in [0.717, 1.165) is 11.8 Å². The highest BCUT2D eigenvalue weighted by atomic mass is 15.6.